The number of carbonyl (C=O) groups excluding carboxylic acids is 1. The van der Waals surface area contributed by atoms with E-state index in [0.717, 1.165) is 30.4 Å². The number of rotatable bonds is 1. The van der Waals surface area contributed by atoms with E-state index in [1.165, 1.54) is 0 Å². The van der Waals surface area contributed by atoms with Crippen molar-refractivity contribution in [3.8, 4) is 0 Å². The third kappa shape index (κ3) is 0.905. The summed E-state index contributed by atoms with van der Waals surface area (Å²) >= 11 is 0. The number of hydrogen-bond acceptors (Lipinski definition) is 3. The average molecular weight is 230 g/mol. The highest BCUT2D eigenvalue weighted by Crippen LogP contribution is 2.65. The molecule has 2 bridgehead atoms. The Morgan fingerprint density at radius 1 is 1.29 bits per heavy atom. The fraction of sp³-hybridized carbons (Fsp3) is 0.500. The first-order valence-corrected chi connectivity index (χ1v) is 6.25. The molecular weight excluding hydrogens is 216 g/mol. The Bertz CT molecular complexity index is 510. The molecule has 2 fully saturated rings. The first kappa shape index (κ1) is 9.80. The minimum absolute atomic E-state index is 0.149. The summed E-state index contributed by atoms with van der Waals surface area (Å²) in [4.78, 5) is 17.4. The van der Waals surface area contributed by atoms with Gasteiger partial charge in [-0.15, -0.1) is 0 Å². The molecule has 4 rings (SSSR count). The topological polar surface area (TPSA) is 46.5 Å². The van der Waals surface area contributed by atoms with Gasteiger partial charge in [0, 0.05) is 5.56 Å². The Labute approximate surface area is 99.3 Å². The second-order valence-electron chi connectivity index (χ2n) is 5.54. The lowest BCUT2D eigenvalue weighted by atomic mass is 9.75. The molecule has 0 aliphatic heterocycles. The standard InChI is InChI=1S/C14H14O3/c15-13-10-3-1-2-4-11(10)14(17-16)9-6-5-8(7-9)12(13)14/h1-4,8-9,12,16H,5-7H2. The summed E-state index contributed by atoms with van der Waals surface area (Å²) in [5.41, 5.74) is 0.934. The maximum atomic E-state index is 12.4. The minimum Gasteiger partial charge on any atom is -0.294 e. The van der Waals surface area contributed by atoms with Gasteiger partial charge in [-0.05, 0) is 36.7 Å². The van der Waals surface area contributed by atoms with E-state index < -0.39 is 5.60 Å². The summed E-state index contributed by atoms with van der Waals surface area (Å²) in [6.07, 6.45) is 3.18. The van der Waals surface area contributed by atoms with Gasteiger partial charge in [0.1, 0.15) is 5.60 Å². The van der Waals surface area contributed by atoms with Crippen molar-refractivity contribution in [3.63, 3.8) is 0 Å². The number of benzene rings is 1. The highest BCUT2D eigenvalue weighted by molar-refractivity contribution is 6.04. The maximum absolute atomic E-state index is 12.4. The molecule has 1 N–H and O–H groups in total. The molecule has 0 spiro atoms. The van der Waals surface area contributed by atoms with Crippen LogP contribution in [0.4, 0.5) is 0 Å². The summed E-state index contributed by atoms with van der Waals surface area (Å²) in [6, 6.07) is 7.59. The minimum atomic E-state index is -0.726. The molecule has 0 radical (unpaired) electrons. The van der Waals surface area contributed by atoms with Gasteiger partial charge in [0.05, 0.1) is 5.92 Å². The van der Waals surface area contributed by atoms with Gasteiger partial charge in [-0.1, -0.05) is 24.3 Å². The third-order valence-corrected chi connectivity index (χ3v) is 5.06. The molecule has 0 aromatic heterocycles. The number of fused-ring (bicyclic) bond motifs is 7. The van der Waals surface area contributed by atoms with Crippen molar-refractivity contribution in [2.75, 3.05) is 0 Å². The summed E-state index contributed by atoms with van der Waals surface area (Å²) in [5.74, 6) is 0.715. The first-order chi connectivity index (χ1) is 8.29. The van der Waals surface area contributed by atoms with E-state index in [2.05, 4.69) is 0 Å². The van der Waals surface area contributed by atoms with Crippen molar-refractivity contribution in [1.29, 1.82) is 0 Å². The van der Waals surface area contributed by atoms with Crippen LogP contribution in [0.3, 0.4) is 0 Å². The lowest BCUT2D eigenvalue weighted by molar-refractivity contribution is -0.349. The molecule has 3 heteroatoms. The quantitative estimate of drug-likeness (QED) is 0.596. The van der Waals surface area contributed by atoms with E-state index in [-0.39, 0.29) is 11.7 Å². The van der Waals surface area contributed by atoms with Crippen LogP contribution in [0.5, 0.6) is 0 Å². The molecule has 88 valence electrons. The van der Waals surface area contributed by atoms with E-state index in [1.54, 1.807) is 0 Å². The van der Waals surface area contributed by atoms with Crippen molar-refractivity contribution in [2.45, 2.75) is 24.9 Å². The van der Waals surface area contributed by atoms with Gasteiger partial charge in [-0.2, -0.15) is 0 Å². The fourth-order valence-corrected chi connectivity index (χ4v) is 4.50. The van der Waals surface area contributed by atoms with Gasteiger partial charge >= 0.3 is 0 Å². The summed E-state index contributed by atoms with van der Waals surface area (Å²) in [5, 5.41) is 9.46. The second kappa shape index (κ2) is 2.98. The normalized spacial score (nSPS) is 41.7. The molecule has 0 heterocycles. The first-order valence-electron chi connectivity index (χ1n) is 6.25. The van der Waals surface area contributed by atoms with E-state index in [0.29, 0.717) is 11.8 Å². The van der Waals surface area contributed by atoms with Crippen molar-refractivity contribution < 1.29 is 14.9 Å². The van der Waals surface area contributed by atoms with Crippen LogP contribution in [0.2, 0.25) is 0 Å². The molecular formula is C14H14O3. The Kier molecular flexibility index (Phi) is 1.72. The zero-order valence-electron chi connectivity index (χ0n) is 9.43. The largest absolute Gasteiger partial charge is 0.294 e. The SMILES string of the molecule is O=C1c2ccccc2C2(OO)C3CCC(C3)C12. The third-order valence-electron chi connectivity index (χ3n) is 5.06. The van der Waals surface area contributed by atoms with E-state index in [1.807, 2.05) is 24.3 Å². The number of ketones is 1. The molecule has 4 atom stereocenters. The molecule has 3 aliphatic carbocycles. The van der Waals surface area contributed by atoms with Gasteiger partial charge in [0.15, 0.2) is 5.78 Å². The Morgan fingerprint density at radius 2 is 2.12 bits per heavy atom. The van der Waals surface area contributed by atoms with Crippen LogP contribution in [0.15, 0.2) is 24.3 Å². The molecule has 4 unspecified atom stereocenters. The highest BCUT2D eigenvalue weighted by Gasteiger charge is 2.67. The van der Waals surface area contributed by atoms with Crippen molar-refractivity contribution >= 4 is 5.78 Å². The Hall–Kier alpha value is -1.19. The van der Waals surface area contributed by atoms with Crippen LogP contribution in [0, 0.1) is 17.8 Å². The number of hydrogen-bond donors (Lipinski definition) is 1. The molecule has 3 nitrogen and oxygen atoms in total. The predicted molar refractivity (Wildman–Crippen MR) is 60.5 cm³/mol. The van der Waals surface area contributed by atoms with Gasteiger partial charge in [-0.3, -0.25) is 10.1 Å². The van der Waals surface area contributed by atoms with Crippen LogP contribution in [0.25, 0.3) is 0 Å². The van der Waals surface area contributed by atoms with Crippen LogP contribution >= 0.6 is 0 Å². The van der Waals surface area contributed by atoms with Crippen molar-refractivity contribution in [2.24, 2.45) is 17.8 Å². The predicted octanol–water partition coefficient (Wildman–Crippen LogP) is 2.61. The summed E-state index contributed by atoms with van der Waals surface area (Å²) in [6.45, 7) is 0. The lowest BCUT2D eigenvalue weighted by Gasteiger charge is -2.35. The van der Waals surface area contributed by atoms with Gasteiger partial charge < -0.3 is 0 Å². The van der Waals surface area contributed by atoms with E-state index in [9.17, 15) is 10.1 Å². The number of carbonyl (C=O) groups is 1. The zero-order chi connectivity index (χ0) is 11.6. The van der Waals surface area contributed by atoms with Crippen LogP contribution in [-0.2, 0) is 10.5 Å². The van der Waals surface area contributed by atoms with Gasteiger partial charge in [-0.25, -0.2) is 4.89 Å². The fourth-order valence-electron chi connectivity index (χ4n) is 4.50. The zero-order valence-corrected chi connectivity index (χ0v) is 9.43. The monoisotopic (exact) mass is 230 g/mol. The smallest absolute Gasteiger partial charge is 0.169 e. The summed E-state index contributed by atoms with van der Waals surface area (Å²) in [7, 11) is 0. The van der Waals surface area contributed by atoms with Gasteiger partial charge in [0.25, 0.3) is 0 Å². The number of Topliss-reactive ketones (excluding diaryl/α,β-unsaturated/α-hetero) is 1. The molecule has 3 aliphatic rings. The average Bonchev–Trinajstić information content (AvgIpc) is 3.01. The lowest BCUT2D eigenvalue weighted by Crippen LogP contribution is -2.41. The molecule has 1 aromatic carbocycles. The maximum Gasteiger partial charge on any atom is 0.169 e. The van der Waals surface area contributed by atoms with Crippen molar-refractivity contribution in [3.05, 3.63) is 35.4 Å². The second-order valence-corrected chi connectivity index (χ2v) is 5.54. The van der Waals surface area contributed by atoms with Crippen LogP contribution in [0.1, 0.15) is 35.2 Å². The molecule has 1 aromatic rings. The molecule has 0 saturated heterocycles. The van der Waals surface area contributed by atoms with Crippen LogP contribution in [-0.4, -0.2) is 11.0 Å². The molecule has 17 heavy (non-hydrogen) atoms. The molecule has 2 saturated carbocycles. The summed E-state index contributed by atoms with van der Waals surface area (Å²) < 4.78 is 0. The van der Waals surface area contributed by atoms with Crippen molar-refractivity contribution in [1.82, 2.24) is 0 Å². The Morgan fingerprint density at radius 3 is 2.94 bits per heavy atom. The highest BCUT2D eigenvalue weighted by atomic mass is 17.1. The van der Waals surface area contributed by atoms with Crippen LogP contribution < -0.4 is 0 Å². The van der Waals surface area contributed by atoms with E-state index >= 15 is 0 Å². The Balaban J connectivity index is 2.00. The van der Waals surface area contributed by atoms with Gasteiger partial charge in [0.2, 0.25) is 0 Å². The van der Waals surface area contributed by atoms with E-state index in [4.69, 9.17) is 4.89 Å². The molecule has 0 amide bonds.